The Morgan fingerprint density at radius 1 is 1.29 bits per heavy atom. The molecule has 1 rings (SSSR count). The molecule has 82 valence electrons. The Bertz CT molecular complexity index is 218. The summed E-state index contributed by atoms with van der Waals surface area (Å²) in [5, 5.41) is 0. The SMILES string of the molecule is CC1(C)CCN(C(=O)C(C)(C)N)CC1. The first-order valence-electron chi connectivity index (χ1n) is 5.31. The minimum Gasteiger partial charge on any atom is -0.341 e. The minimum atomic E-state index is -0.721. The van der Waals surface area contributed by atoms with E-state index in [9.17, 15) is 4.79 Å². The van der Waals surface area contributed by atoms with Crippen LogP contribution in [0, 0.1) is 5.41 Å². The quantitative estimate of drug-likeness (QED) is 0.691. The second-order valence-electron chi connectivity index (χ2n) is 5.68. The van der Waals surface area contributed by atoms with E-state index in [1.165, 1.54) is 0 Å². The first-order valence-corrected chi connectivity index (χ1v) is 5.31. The van der Waals surface area contributed by atoms with Crippen LogP contribution in [-0.2, 0) is 4.79 Å². The zero-order chi connectivity index (χ0) is 11.0. The average molecular weight is 198 g/mol. The first-order chi connectivity index (χ1) is 6.22. The van der Waals surface area contributed by atoms with E-state index in [2.05, 4.69) is 13.8 Å². The van der Waals surface area contributed by atoms with E-state index in [0.717, 1.165) is 25.9 Å². The molecule has 1 heterocycles. The van der Waals surface area contributed by atoms with Crippen molar-refractivity contribution in [1.29, 1.82) is 0 Å². The fraction of sp³-hybridized carbons (Fsp3) is 0.909. The van der Waals surface area contributed by atoms with Gasteiger partial charge in [0.2, 0.25) is 5.91 Å². The lowest BCUT2D eigenvalue weighted by Gasteiger charge is -2.39. The molecule has 1 fully saturated rings. The number of amides is 1. The van der Waals surface area contributed by atoms with E-state index in [1.807, 2.05) is 4.90 Å². The number of carbonyl (C=O) groups is 1. The van der Waals surface area contributed by atoms with Gasteiger partial charge in [0.1, 0.15) is 0 Å². The lowest BCUT2D eigenvalue weighted by Crippen LogP contribution is -2.53. The summed E-state index contributed by atoms with van der Waals surface area (Å²) >= 11 is 0. The van der Waals surface area contributed by atoms with Crippen molar-refractivity contribution in [2.75, 3.05) is 13.1 Å². The van der Waals surface area contributed by atoms with E-state index in [1.54, 1.807) is 13.8 Å². The van der Waals surface area contributed by atoms with Gasteiger partial charge in [-0.15, -0.1) is 0 Å². The van der Waals surface area contributed by atoms with E-state index in [4.69, 9.17) is 5.73 Å². The van der Waals surface area contributed by atoms with E-state index in [0.29, 0.717) is 5.41 Å². The van der Waals surface area contributed by atoms with Crippen LogP contribution in [0.2, 0.25) is 0 Å². The Labute approximate surface area is 86.6 Å². The number of rotatable bonds is 1. The number of nitrogens with two attached hydrogens (primary N) is 1. The molecule has 0 aliphatic carbocycles. The standard InChI is InChI=1S/C11H22N2O/c1-10(2)5-7-13(8-6-10)9(14)11(3,4)12/h5-8,12H2,1-4H3. The van der Waals surface area contributed by atoms with Crippen LogP contribution in [0.1, 0.15) is 40.5 Å². The van der Waals surface area contributed by atoms with Crippen LogP contribution in [0.5, 0.6) is 0 Å². The van der Waals surface area contributed by atoms with Gasteiger partial charge >= 0.3 is 0 Å². The number of hydrogen-bond donors (Lipinski definition) is 1. The molecule has 3 nitrogen and oxygen atoms in total. The largest absolute Gasteiger partial charge is 0.341 e. The molecule has 0 atom stereocenters. The summed E-state index contributed by atoms with van der Waals surface area (Å²) in [5.74, 6) is 0.0769. The fourth-order valence-electron chi connectivity index (χ4n) is 1.72. The van der Waals surface area contributed by atoms with Crippen LogP contribution < -0.4 is 5.73 Å². The molecule has 3 heteroatoms. The van der Waals surface area contributed by atoms with Crippen molar-refractivity contribution in [1.82, 2.24) is 4.90 Å². The molecule has 2 N–H and O–H groups in total. The second-order valence-corrected chi connectivity index (χ2v) is 5.68. The smallest absolute Gasteiger partial charge is 0.242 e. The second kappa shape index (κ2) is 3.54. The molecule has 1 aliphatic heterocycles. The van der Waals surface area contributed by atoms with Crippen LogP contribution >= 0.6 is 0 Å². The van der Waals surface area contributed by atoms with Crippen molar-refractivity contribution < 1.29 is 4.79 Å². The first kappa shape index (κ1) is 11.5. The summed E-state index contributed by atoms with van der Waals surface area (Å²) in [4.78, 5) is 13.7. The summed E-state index contributed by atoms with van der Waals surface area (Å²) in [6.45, 7) is 9.76. The molecule has 0 saturated carbocycles. The molecule has 0 bridgehead atoms. The predicted molar refractivity (Wildman–Crippen MR) is 57.9 cm³/mol. The Balaban J connectivity index is 2.55. The topological polar surface area (TPSA) is 46.3 Å². The lowest BCUT2D eigenvalue weighted by molar-refractivity contribution is -0.137. The van der Waals surface area contributed by atoms with Gasteiger partial charge in [0, 0.05) is 13.1 Å². The molecular weight excluding hydrogens is 176 g/mol. The van der Waals surface area contributed by atoms with Gasteiger partial charge in [0.25, 0.3) is 0 Å². The highest BCUT2D eigenvalue weighted by Crippen LogP contribution is 2.30. The molecule has 1 saturated heterocycles. The van der Waals surface area contributed by atoms with Gasteiger partial charge in [0.15, 0.2) is 0 Å². The molecule has 0 aromatic heterocycles. The molecule has 14 heavy (non-hydrogen) atoms. The highest BCUT2D eigenvalue weighted by atomic mass is 16.2. The highest BCUT2D eigenvalue weighted by Gasteiger charge is 2.33. The number of hydrogen-bond acceptors (Lipinski definition) is 2. The van der Waals surface area contributed by atoms with Gasteiger partial charge in [-0.05, 0) is 32.1 Å². The molecule has 0 unspecified atom stereocenters. The molecule has 0 spiro atoms. The van der Waals surface area contributed by atoms with Crippen molar-refractivity contribution in [2.45, 2.75) is 46.1 Å². The normalized spacial score (nSPS) is 22.2. The van der Waals surface area contributed by atoms with Gasteiger partial charge in [-0.25, -0.2) is 0 Å². The number of likely N-dealkylation sites (tertiary alicyclic amines) is 1. The maximum absolute atomic E-state index is 11.8. The maximum Gasteiger partial charge on any atom is 0.242 e. The van der Waals surface area contributed by atoms with E-state index >= 15 is 0 Å². The predicted octanol–water partition coefficient (Wildman–Crippen LogP) is 1.37. The molecular formula is C11H22N2O. The van der Waals surface area contributed by atoms with Gasteiger partial charge < -0.3 is 10.6 Å². The third-order valence-corrected chi connectivity index (χ3v) is 2.96. The Morgan fingerprint density at radius 3 is 2.07 bits per heavy atom. The van der Waals surface area contributed by atoms with Crippen molar-refractivity contribution in [3.05, 3.63) is 0 Å². The maximum atomic E-state index is 11.8. The third-order valence-electron chi connectivity index (χ3n) is 2.96. The number of carbonyl (C=O) groups excluding carboxylic acids is 1. The number of nitrogens with zero attached hydrogens (tertiary/aromatic N) is 1. The van der Waals surface area contributed by atoms with Gasteiger partial charge in [-0.3, -0.25) is 4.79 Å². The Hall–Kier alpha value is -0.570. The summed E-state index contributed by atoms with van der Waals surface area (Å²) in [6.07, 6.45) is 2.16. The van der Waals surface area contributed by atoms with Crippen LogP contribution in [0.3, 0.4) is 0 Å². The zero-order valence-corrected chi connectivity index (χ0v) is 9.76. The summed E-state index contributed by atoms with van der Waals surface area (Å²) in [6, 6.07) is 0. The zero-order valence-electron chi connectivity index (χ0n) is 9.76. The Kier molecular flexibility index (Phi) is 2.91. The Morgan fingerprint density at radius 2 is 1.71 bits per heavy atom. The summed E-state index contributed by atoms with van der Waals surface area (Å²) in [5.41, 5.74) is 5.45. The van der Waals surface area contributed by atoms with Crippen LogP contribution in [0.4, 0.5) is 0 Å². The van der Waals surface area contributed by atoms with Crippen molar-refractivity contribution in [2.24, 2.45) is 11.1 Å². The summed E-state index contributed by atoms with van der Waals surface area (Å²) in [7, 11) is 0. The highest BCUT2D eigenvalue weighted by molar-refractivity contribution is 5.85. The molecule has 0 aromatic carbocycles. The molecule has 0 aromatic rings. The van der Waals surface area contributed by atoms with Gasteiger partial charge in [0.05, 0.1) is 5.54 Å². The van der Waals surface area contributed by atoms with E-state index in [-0.39, 0.29) is 5.91 Å². The average Bonchev–Trinajstić information content (AvgIpc) is 2.01. The van der Waals surface area contributed by atoms with Crippen molar-refractivity contribution in [3.63, 3.8) is 0 Å². The van der Waals surface area contributed by atoms with Gasteiger partial charge in [-0.2, -0.15) is 0 Å². The van der Waals surface area contributed by atoms with Crippen LogP contribution in [0.15, 0.2) is 0 Å². The molecule has 0 radical (unpaired) electrons. The molecule has 1 aliphatic rings. The summed E-state index contributed by atoms with van der Waals surface area (Å²) < 4.78 is 0. The monoisotopic (exact) mass is 198 g/mol. The van der Waals surface area contributed by atoms with Crippen LogP contribution in [0.25, 0.3) is 0 Å². The third kappa shape index (κ3) is 2.71. The van der Waals surface area contributed by atoms with E-state index < -0.39 is 5.54 Å². The fourth-order valence-corrected chi connectivity index (χ4v) is 1.72. The molecule has 1 amide bonds. The van der Waals surface area contributed by atoms with Crippen LogP contribution in [-0.4, -0.2) is 29.4 Å². The van der Waals surface area contributed by atoms with Gasteiger partial charge in [-0.1, -0.05) is 13.8 Å². The lowest BCUT2D eigenvalue weighted by atomic mass is 9.82. The number of piperidine rings is 1. The van der Waals surface area contributed by atoms with Crippen molar-refractivity contribution in [3.8, 4) is 0 Å². The van der Waals surface area contributed by atoms with Crippen molar-refractivity contribution >= 4 is 5.91 Å². The minimum absolute atomic E-state index is 0.0769.